The molecule has 0 saturated heterocycles. The van der Waals surface area contributed by atoms with Gasteiger partial charge >= 0.3 is 0 Å². The first-order valence-electron chi connectivity index (χ1n) is 10.6. The molecule has 1 aliphatic rings. The van der Waals surface area contributed by atoms with E-state index in [4.69, 9.17) is 13.8 Å². The highest BCUT2D eigenvalue weighted by molar-refractivity contribution is 5.76. The molecule has 32 heavy (non-hydrogen) atoms. The molecule has 5 aromatic rings. The molecule has 2 aromatic heterocycles. The quantitative estimate of drug-likeness (QED) is 0.313. The van der Waals surface area contributed by atoms with E-state index in [0.29, 0.717) is 11.8 Å². The third-order valence-corrected chi connectivity index (χ3v) is 5.81. The first-order chi connectivity index (χ1) is 15.8. The summed E-state index contributed by atoms with van der Waals surface area (Å²) < 4.78 is 12.0. The highest BCUT2D eigenvalue weighted by Gasteiger charge is 2.32. The van der Waals surface area contributed by atoms with Gasteiger partial charge in [0, 0.05) is 5.56 Å². The monoisotopic (exact) mass is 416 g/mol. The van der Waals surface area contributed by atoms with Crippen molar-refractivity contribution in [1.82, 2.24) is 9.97 Å². The summed E-state index contributed by atoms with van der Waals surface area (Å²) in [5, 5.41) is 0. The van der Waals surface area contributed by atoms with E-state index in [0.717, 1.165) is 39.7 Å². The molecule has 0 amide bonds. The highest BCUT2D eigenvalue weighted by Crippen LogP contribution is 2.36. The number of para-hydroxylation sites is 4. The predicted octanol–water partition coefficient (Wildman–Crippen LogP) is 7.10. The lowest BCUT2D eigenvalue weighted by Gasteiger charge is -2.24. The van der Waals surface area contributed by atoms with E-state index in [1.165, 1.54) is 0 Å². The maximum Gasteiger partial charge on any atom is 0.227 e. The van der Waals surface area contributed by atoms with Gasteiger partial charge < -0.3 is 8.83 Å². The van der Waals surface area contributed by atoms with Gasteiger partial charge in [0.1, 0.15) is 11.0 Å². The van der Waals surface area contributed by atoms with Gasteiger partial charge in [0.05, 0.1) is 5.41 Å². The van der Waals surface area contributed by atoms with Gasteiger partial charge in [-0.25, -0.2) is 9.97 Å². The van der Waals surface area contributed by atoms with Crippen molar-refractivity contribution in [2.24, 2.45) is 0 Å². The van der Waals surface area contributed by atoms with E-state index in [2.05, 4.69) is 53.6 Å². The number of fused-ring (bicyclic) bond motifs is 2. The Bertz CT molecular complexity index is 1440. The van der Waals surface area contributed by atoms with Crippen molar-refractivity contribution in [3.05, 3.63) is 115 Å². The van der Waals surface area contributed by atoms with Crippen LogP contribution in [-0.2, 0) is 5.41 Å². The van der Waals surface area contributed by atoms with Crippen molar-refractivity contribution in [2.45, 2.75) is 11.8 Å². The molecule has 1 unspecified atom stereocenters. The van der Waals surface area contributed by atoms with Crippen LogP contribution in [0, 0.1) is 0 Å². The molecule has 154 valence electrons. The van der Waals surface area contributed by atoms with Crippen LogP contribution in [0.1, 0.15) is 17.9 Å². The fourth-order valence-electron chi connectivity index (χ4n) is 4.04. The third kappa shape index (κ3) is 3.26. The van der Waals surface area contributed by atoms with Crippen LogP contribution in [-0.4, -0.2) is 9.97 Å². The summed E-state index contributed by atoms with van der Waals surface area (Å²) in [7, 11) is 0. The average molecular weight is 416 g/mol. The van der Waals surface area contributed by atoms with Crippen molar-refractivity contribution >= 4 is 28.3 Å². The molecule has 0 spiro atoms. The second-order valence-corrected chi connectivity index (χ2v) is 7.96. The van der Waals surface area contributed by atoms with E-state index in [9.17, 15) is 0 Å². The number of nitrogens with zero attached hydrogens (tertiary/aromatic N) is 2. The fraction of sp³-hybridized carbons (Fsp3) is 0.0714. The van der Waals surface area contributed by atoms with Gasteiger partial charge in [-0.1, -0.05) is 72.9 Å². The van der Waals surface area contributed by atoms with Crippen LogP contribution in [0.2, 0.25) is 0 Å². The van der Waals surface area contributed by atoms with Crippen LogP contribution < -0.4 is 0 Å². The number of hydrogen-bond acceptors (Lipinski definition) is 4. The molecule has 1 aliphatic carbocycles. The minimum atomic E-state index is -0.410. The van der Waals surface area contributed by atoms with Crippen LogP contribution in [0.3, 0.4) is 0 Å². The Balaban J connectivity index is 1.32. The lowest BCUT2D eigenvalue weighted by Crippen LogP contribution is -2.21. The van der Waals surface area contributed by atoms with E-state index >= 15 is 0 Å². The molecule has 0 N–H and O–H groups in total. The van der Waals surface area contributed by atoms with Crippen molar-refractivity contribution in [2.75, 3.05) is 0 Å². The number of benzene rings is 3. The van der Waals surface area contributed by atoms with E-state index in [1.54, 1.807) is 0 Å². The number of oxazole rings is 2. The smallest absolute Gasteiger partial charge is 0.227 e. The van der Waals surface area contributed by atoms with Gasteiger partial charge in [-0.15, -0.1) is 0 Å². The van der Waals surface area contributed by atoms with Crippen LogP contribution in [0.15, 0.2) is 112 Å². The molecular formula is C28H20N2O2. The zero-order valence-electron chi connectivity index (χ0n) is 17.3. The van der Waals surface area contributed by atoms with E-state index in [-0.39, 0.29) is 0 Å². The molecule has 2 heterocycles. The van der Waals surface area contributed by atoms with Crippen LogP contribution in [0.25, 0.3) is 39.7 Å². The first-order valence-corrected chi connectivity index (χ1v) is 10.6. The summed E-state index contributed by atoms with van der Waals surface area (Å²) in [4.78, 5) is 9.35. The van der Waals surface area contributed by atoms with Crippen LogP contribution in [0.4, 0.5) is 0 Å². The lowest BCUT2D eigenvalue weighted by molar-refractivity contribution is 0.451. The number of hydrogen-bond donors (Lipinski definition) is 0. The number of rotatable bonds is 4. The summed E-state index contributed by atoms with van der Waals surface area (Å²) in [5.74, 6) is 1.34. The number of allylic oxidation sites excluding steroid dienone is 5. The maximum atomic E-state index is 6.14. The normalized spacial score (nSPS) is 18.2. The average Bonchev–Trinajstić information content (AvgIpc) is 3.48. The van der Waals surface area contributed by atoms with Gasteiger partial charge in [-0.2, -0.15) is 0 Å². The summed E-state index contributed by atoms with van der Waals surface area (Å²) >= 11 is 0. The minimum absolute atomic E-state index is 0.410. The van der Waals surface area contributed by atoms with Gasteiger partial charge in [0.2, 0.25) is 11.8 Å². The first kappa shape index (κ1) is 18.6. The van der Waals surface area contributed by atoms with Gasteiger partial charge in [-0.3, -0.25) is 0 Å². The summed E-state index contributed by atoms with van der Waals surface area (Å²) in [6.07, 6.45) is 13.5. The SMILES string of the molecule is C1=CCC(C=Cc2ccc(-c3nc4ccccc4o3)cc2)(c2nc3ccccc3o2)C=C1. The van der Waals surface area contributed by atoms with E-state index < -0.39 is 5.41 Å². The maximum absolute atomic E-state index is 6.14. The fourth-order valence-corrected chi connectivity index (χ4v) is 4.04. The molecular weight excluding hydrogens is 396 g/mol. The van der Waals surface area contributed by atoms with Gasteiger partial charge in [-0.05, 0) is 48.4 Å². The Hall–Kier alpha value is -4.18. The molecule has 3 aromatic carbocycles. The Labute approximate surface area is 185 Å². The standard InChI is InChI=1S/C28H20N2O2/c1-6-17-28(18-7-1,27-30-23-9-3-5-11-25(23)32-27)19-16-20-12-14-21(15-13-20)26-29-22-8-2-4-10-24(22)31-26/h1-17,19H,18H2. The summed E-state index contributed by atoms with van der Waals surface area (Å²) in [6.45, 7) is 0. The molecule has 1 atom stereocenters. The van der Waals surface area contributed by atoms with Gasteiger partial charge in [0.15, 0.2) is 11.2 Å². The molecule has 6 rings (SSSR count). The molecule has 0 saturated carbocycles. The van der Waals surface area contributed by atoms with Crippen molar-refractivity contribution < 1.29 is 8.83 Å². The van der Waals surface area contributed by atoms with Crippen LogP contribution in [0.5, 0.6) is 0 Å². The summed E-state index contributed by atoms with van der Waals surface area (Å²) in [5.41, 5.74) is 4.97. The van der Waals surface area contributed by atoms with Crippen LogP contribution >= 0.6 is 0 Å². The highest BCUT2D eigenvalue weighted by atomic mass is 16.4. The van der Waals surface area contributed by atoms with E-state index in [1.807, 2.05) is 60.7 Å². The van der Waals surface area contributed by atoms with Crippen molar-refractivity contribution in [3.63, 3.8) is 0 Å². The Kier molecular flexibility index (Phi) is 4.36. The number of aromatic nitrogens is 2. The molecule has 0 radical (unpaired) electrons. The van der Waals surface area contributed by atoms with Crippen molar-refractivity contribution in [1.29, 1.82) is 0 Å². The van der Waals surface area contributed by atoms with Crippen molar-refractivity contribution in [3.8, 4) is 11.5 Å². The topological polar surface area (TPSA) is 52.1 Å². The zero-order valence-corrected chi connectivity index (χ0v) is 17.3. The Morgan fingerprint density at radius 3 is 2.16 bits per heavy atom. The molecule has 0 bridgehead atoms. The predicted molar refractivity (Wildman–Crippen MR) is 127 cm³/mol. The second-order valence-electron chi connectivity index (χ2n) is 7.96. The minimum Gasteiger partial charge on any atom is -0.439 e. The van der Waals surface area contributed by atoms with Gasteiger partial charge in [0.25, 0.3) is 0 Å². The molecule has 0 fully saturated rings. The zero-order chi connectivity index (χ0) is 21.4. The Morgan fingerprint density at radius 1 is 0.750 bits per heavy atom. The summed E-state index contributed by atoms with van der Waals surface area (Å²) in [6, 6.07) is 23.9. The Morgan fingerprint density at radius 2 is 1.47 bits per heavy atom. The second kappa shape index (κ2) is 7.50. The third-order valence-electron chi connectivity index (χ3n) is 5.81. The molecule has 4 heteroatoms. The largest absolute Gasteiger partial charge is 0.439 e. The molecule has 4 nitrogen and oxygen atoms in total. The molecule has 0 aliphatic heterocycles. The lowest BCUT2D eigenvalue weighted by atomic mass is 9.80.